The van der Waals surface area contributed by atoms with Crippen LogP contribution in [0.4, 0.5) is 5.69 Å². The maximum Gasteiger partial charge on any atom is 0.343 e. The molecule has 0 unspecified atom stereocenters. The van der Waals surface area contributed by atoms with Crippen LogP contribution in [0.1, 0.15) is 15.9 Å². The van der Waals surface area contributed by atoms with E-state index >= 15 is 0 Å². The van der Waals surface area contributed by atoms with Crippen molar-refractivity contribution >= 4 is 17.6 Å². The summed E-state index contributed by atoms with van der Waals surface area (Å²) in [5.74, 6) is 0.0214. The number of esters is 1. The van der Waals surface area contributed by atoms with Crippen molar-refractivity contribution in [2.45, 2.75) is 6.54 Å². The summed E-state index contributed by atoms with van der Waals surface area (Å²) in [7, 11) is 4.90. The van der Waals surface area contributed by atoms with E-state index in [0.717, 1.165) is 37.4 Å². The van der Waals surface area contributed by atoms with Crippen molar-refractivity contribution in [3.8, 4) is 11.5 Å². The fourth-order valence-electron chi connectivity index (χ4n) is 3.42. The maximum atomic E-state index is 12.7. The Hall–Kier alpha value is -3.26. The zero-order valence-electron chi connectivity index (χ0n) is 18.2. The lowest BCUT2D eigenvalue weighted by Crippen LogP contribution is -2.45. The van der Waals surface area contributed by atoms with Crippen molar-refractivity contribution in [1.82, 2.24) is 10.2 Å². The molecule has 0 aromatic heterocycles. The summed E-state index contributed by atoms with van der Waals surface area (Å²) in [5.41, 5.74) is 2.67. The molecule has 1 saturated heterocycles. The number of ether oxygens (including phenoxy) is 3. The molecule has 166 valence electrons. The average molecular weight is 428 g/mol. The number of nitrogens with one attached hydrogen (secondary N) is 1. The van der Waals surface area contributed by atoms with Crippen molar-refractivity contribution in [2.24, 2.45) is 0 Å². The number of para-hydroxylation sites is 1. The molecule has 8 heteroatoms. The fourth-order valence-corrected chi connectivity index (χ4v) is 3.42. The van der Waals surface area contributed by atoms with E-state index in [1.54, 1.807) is 18.2 Å². The van der Waals surface area contributed by atoms with E-state index in [1.807, 2.05) is 18.2 Å². The zero-order valence-corrected chi connectivity index (χ0v) is 18.2. The van der Waals surface area contributed by atoms with Crippen LogP contribution in [-0.2, 0) is 16.1 Å². The third kappa shape index (κ3) is 5.88. The third-order valence-electron chi connectivity index (χ3n) is 5.27. The molecule has 1 N–H and O–H groups in total. The largest absolute Gasteiger partial charge is 0.493 e. The molecule has 8 nitrogen and oxygen atoms in total. The van der Waals surface area contributed by atoms with E-state index in [-0.39, 0.29) is 12.5 Å². The second-order valence-electron chi connectivity index (χ2n) is 7.33. The lowest BCUT2D eigenvalue weighted by atomic mass is 10.1. The van der Waals surface area contributed by atoms with Crippen LogP contribution in [0.25, 0.3) is 0 Å². The normalized spacial score (nSPS) is 14.1. The van der Waals surface area contributed by atoms with Gasteiger partial charge in [-0.1, -0.05) is 18.2 Å². The van der Waals surface area contributed by atoms with Crippen LogP contribution in [0, 0.1) is 0 Å². The third-order valence-corrected chi connectivity index (χ3v) is 5.27. The molecular formula is C23H29N3O5. The minimum absolute atomic E-state index is 0.217. The van der Waals surface area contributed by atoms with Gasteiger partial charge in [0.1, 0.15) is 0 Å². The Labute approximate surface area is 182 Å². The van der Waals surface area contributed by atoms with Crippen LogP contribution in [0.5, 0.6) is 11.5 Å². The number of likely N-dealkylation sites (N-methyl/N-ethyl adjacent to an activating group) is 1. The van der Waals surface area contributed by atoms with Gasteiger partial charge in [-0.05, 0) is 36.9 Å². The van der Waals surface area contributed by atoms with Gasteiger partial charge in [0.05, 0.1) is 14.2 Å². The molecule has 0 aliphatic carbocycles. The van der Waals surface area contributed by atoms with E-state index in [2.05, 4.69) is 33.0 Å². The first-order valence-corrected chi connectivity index (χ1v) is 10.2. The smallest absolute Gasteiger partial charge is 0.343 e. The van der Waals surface area contributed by atoms with Crippen LogP contribution in [0.2, 0.25) is 0 Å². The van der Waals surface area contributed by atoms with Crippen molar-refractivity contribution in [1.29, 1.82) is 0 Å². The number of anilines is 1. The first-order chi connectivity index (χ1) is 15.0. The van der Waals surface area contributed by atoms with Gasteiger partial charge >= 0.3 is 5.97 Å². The Balaban J connectivity index is 1.65. The van der Waals surface area contributed by atoms with Gasteiger partial charge in [-0.15, -0.1) is 0 Å². The summed E-state index contributed by atoms with van der Waals surface area (Å²) >= 11 is 0. The maximum absolute atomic E-state index is 12.7. The van der Waals surface area contributed by atoms with Gasteiger partial charge in [-0.25, -0.2) is 4.79 Å². The summed E-state index contributed by atoms with van der Waals surface area (Å²) in [6.45, 7) is 4.15. The molecule has 0 atom stereocenters. The summed E-state index contributed by atoms with van der Waals surface area (Å²) < 4.78 is 15.3. The molecule has 2 aromatic carbocycles. The van der Waals surface area contributed by atoms with Gasteiger partial charge in [0.25, 0.3) is 5.91 Å². The molecule has 0 radical (unpaired) electrons. The Morgan fingerprint density at radius 2 is 1.74 bits per heavy atom. The van der Waals surface area contributed by atoms with Crippen molar-refractivity contribution < 1.29 is 23.8 Å². The van der Waals surface area contributed by atoms with E-state index in [4.69, 9.17) is 9.47 Å². The molecule has 1 aliphatic rings. The van der Waals surface area contributed by atoms with Crippen LogP contribution >= 0.6 is 0 Å². The van der Waals surface area contributed by atoms with Crippen LogP contribution in [0.15, 0.2) is 42.5 Å². The number of benzene rings is 2. The molecule has 3 rings (SSSR count). The van der Waals surface area contributed by atoms with Gasteiger partial charge in [-0.3, -0.25) is 4.79 Å². The number of hydrogen-bond acceptors (Lipinski definition) is 7. The standard InChI is InChI=1S/C23H29N3O5/c1-25-10-12-26(13-11-25)19-7-5-4-6-18(19)15-24-23(28)17-8-9-20(21(14-17)29-2)31-16-22(27)30-3/h4-9,14H,10-13,15-16H2,1-3H3,(H,24,28). The molecular weight excluding hydrogens is 398 g/mol. The van der Waals surface area contributed by atoms with E-state index in [9.17, 15) is 9.59 Å². The predicted molar refractivity (Wildman–Crippen MR) is 118 cm³/mol. The molecule has 2 aromatic rings. The number of methoxy groups -OCH3 is 2. The second-order valence-corrected chi connectivity index (χ2v) is 7.33. The Kier molecular flexibility index (Phi) is 7.72. The second kappa shape index (κ2) is 10.7. The Morgan fingerprint density at radius 1 is 1.00 bits per heavy atom. The lowest BCUT2D eigenvalue weighted by molar-refractivity contribution is -0.142. The molecule has 1 aliphatic heterocycles. The fraction of sp³-hybridized carbons (Fsp3) is 0.391. The molecule has 0 spiro atoms. The highest BCUT2D eigenvalue weighted by atomic mass is 16.6. The SMILES string of the molecule is COC(=O)COc1ccc(C(=O)NCc2ccccc2N2CCN(C)CC2)cc1OC. The summed E-state index contributed by atoms with van der Waals surface area (Å²) in [4.78, 5) is 28.7. The van der Waals surface area contributed by atoms with E-state index in [0.29, 0.717) is 23.6 Å². The summed E-state index contributed by atoms with van der Waals surface area (Å²) in [6, 6.07) is 13.0. The predicted octanol–water partition coefficient (Wildman–Crippen LogP) is 1.93. The topological polar surface area (TPSA) is 80.3 Å². The van der Waals surface area contributed by atoms with Crippen molar-refractivity contribution in [3.63, 3.8) is 0 Å². The highest BCUT2D eigenvalue weighted by molar-refractivity contribution is 5.95. The minimum atomic E-state index is -0.497. The summed E-state index contributed by atoms with van der Waals surface area (Å²) in [6.07, 6.45) is 0. The minimum Gasteiger partial charge on any atom is -0.493 e. The van der Waals surface area contributed by atoms with Crippen molar-refractivity contribution in [2.75, 3.05) is 59.0 Å². The van der Waals surface area contributed by atoms with Crippen LogP contribution in [0.3, 0.4) is 0 Å². The van der Waals surface area contributed by atoms with Gasteiger partial charge < -0.3 is 29.3 Å². The lowest BCUT2D eigenvalue weighted by Gasteiger charge is -2.35. The molecule has 0 bridgehead atoms. The highest BCUT2D eigenvalue weighted by Gasteiger charge is 2.18. The molecule has 1 heterocycles. The number of carbonyl (C=O) groups excluding carboxylic acids is 2. The number of amides is 1. The monoisotopic (exact) mass is 427 g/mol. The number of piperazine rings is 1. The van der Waals surface area contributed by atoms with Gasteiger partial charge in [0.2, 0.25) is 0 Å². The van der Waals surface area contributed by atoms with E-state index in [1.165, 1.54) is 14.2 Å². The van der Waals surface area contributed by atoms with Crippen LogP contribution < -0.4 is 19.7 Å². The molecule has 31 heavy (non-hydrogen) atoms. The number of rotatable bonds is 8. The molecule has 1 fully saturated rings. The average Bonchev–Trinajstić information content (AvgIpc) is 2.81. The molecule has 1 amide bonds. The zero-order chi connectivity index (χ0) is 22.2. The first-order valence-electron chi connectivity index (χ1n) is 10.2. The number of hydrogen-bond donors (Lipinski definition) is 1. The van der Waals surface area contributed by atoms with Gasteiger partial charge in [0, 0.05) is 44.0 Å². The number of nitrogens with zero attached hydrogens (tertiary/aromatic N) is 2. The first kappa shape index (κ1) is 22.4. The van der Waals surface area contributed by atoms with Crippen molar-refractivity contribution in [3.05, 3.63) is 53.6 Å². The number of carbonyl (C=O) groups is 2. The van der Waals surface area contributed by atoms with E-state index < -0.39 is 5.97 Å². The quantitative estimate of drug-likeness (QED) is 0.645. The summed E-state index contributed by atoms with van der Waals surface area (Å²) in [5, 5.41) is 2.99. The Morgan fingerprint density at radius 3 is 2.45 bits per heavy atom. The molecule has 0 saturated carbocycles. The highest BCUT2D eigenvalue weighted by Crippen LogP contribution is 2.28. The Bertz CT molecular complexity index is 910. The van der Waals surface area contributed by atoms with Crippen LogP contribution in [-0.4, -0.2) is 70.8 Å². The van der Waals surface area contributed by atoms with Gasteiger partial charge in [-0.2, -0.15) is 0 Å². The van der Waals surface area contributed by atoms with Gasteiger partial charge in [0.15, 0.2) is 18.1 Å².